The van der Waals surface area contributed by atoms with Crippen LogP contribution in [0.3, 0.4) is 0 Å². The maximum absolute atomic E-state index is 3.55. The van der Waals surface area contributed by atoms with Gasteiger partial charge in [0.15, 0.2) is 5.71 Å². The first-order chi connectivity index (χ1) is 14.1. The average molecular weight is 398 g/mol. The van der Waals surface area contributed by atoms with E-state index < -0.39 is 0 Å². The van der Waals surface area contributed by atoms with Gasteiger partial charge in [-0.25, -0.2) is 0 Å². The van der Waals surface area contributed by atoms with Crippen molar-refractivity contribution in [3.63, 3.8) is 0 Å². The van der Waals surface area contributed by atoms with Crippen LogP contribution in [0.15, 0.2) is 82.6 Å². The lowest BCUT2D eigenvalue weighted by molar-refractivity contribution is -0.433. The fourth-order valence-electron chi connectivity index (χ4n) is 4.41. The number of benzene rings is 3. The maximum Gasteiger partial charge on any atom is 0.209 e. The molecule has 3 aromatic carbocycles. The Morgan fingerprint density at radius 3 is 2.52 bits per heavy atom. The SMILES string of the molecule is CC[N+]1=C(C=Cc2ccc3c(c2)Sc2ccccc2N3)C(C)(C)c2ccccc21. The highest BCUT2D eigenvalue weighted by molar-refractivity contribution is 7.99. The summed E-state index contributed by atoms with van der Waals surface area (Å²) in [6.45, 7) is 7.85. The van der Waals surface area contributed by atoms with Crippen LogP contribution in [0.2, 0.25) is 0 Å². The first-order valence-corrected chi connectivity index (χ1v) is 11.0. The van der Waals surface area contributed by atoms with Gasteiger partial charge in [0.2, 0.25) is 5.69 Å². The summed E-state index contributed by atoms with van der Waals surface area (Å²) in [4.78, 5) is 2.55. The summed E-state index contributed by atoms with van der Waals surface area (Å²) in [6, 6.07) is 23.9. The van der Waals surface area contributed by atoms with E-state index in [1.165, 1.54) is 43.7 Å². The third kappa shape index (κ3) is 3.01. The molecule has 0 atom stereocenters. The first kappa shape index (κ1) is 18.3. The minimum absolute atomic E-state index is 0.00650. The molecule has 3 heteroatoms. The van der Waals surface area contributed by atoms with Crippen LogP contribution in [0, 0.1) is 0 Å². The highest BCUT2D eigenvalue weighted by Gasteiger charge is 2.43. The van der Waals surface area contributed by atoms with Gasteiger partial charge in [0.05, 0.1) is 16.8 Å². The van der Waals surface area contributed by atoms with Crippen LogP contribution in [0.1, 0.15) is 31.9 Å². The van der Waals surface area contributed by atoms with Crippen LogP contribution >= 0.6 is 11.8 Å². The smallest absolute Gasteiger partial charge is 0.209 e. The Balaban J connectivity index is 1.49. The van der Waals surface area contributed by atoms with Crippen LogP contribution in [0.4, 0.5) is 17.1 Å². The Hall–Kier alpha value is -2.78. The fourth-order valence-corrected chi connectivity index (χ4v) is 5.45. The van der Waals surface area contributed by atoms with Gasteiger partial charge in [-0.15, -0.1) is 0 Å². The van der Waals surface area contributed by atoms with E-state index >= 15 is 0 Å². The number of nitrogens with one attached hydrogen (secondary N) is 1. The van der Waals surface area contributed by atoms with E-state index in [0.717, 1.165) is 6.54 Å². The van der Waals surface area contributed by atoms with Gasteiger partial charge in [-0.2, -0.15) is 4.58 Å². The third-order valence-electron chi connectivity index (χ3n) is 5.93. The lowest BCUT2D eigenvalue weighted by Crippen LogP contribution is -2.27. The predicted molar refractivity (Wildman–Crippen MR) is 124 cm³/mol. The molecular formula is C26H25N2S+. The molecule has 0 amide bonds. The molecule has 0 radical (unpaired) electrons. The standard InChI is InChI=1S/C26H24N2S/c1-4-28-22-11-7-5-9-19(22)26(2,3)25(28)16-14-18-13-15-21-24(17-18)29-23-12-8-6-10-20(23)27-21/h5-17H,4H2,1-3H3/p+1. The van der Waals surface area contributed by atoms with E-state index in [2.05, 4.69) is 110 Å². The van der Waals surface area contributed by atoms with Crippen molar-refractivity contribution in [2.24, 2.45) is 0 Å². The van der Waals surface area contributed by atoms with Crippen LogP contribution in [0.5, 0.6) is 0 Å². The Morgan fingerprint density at radius 1 is 0.897 bits per heavy atom. The second kappa shape index (κ2) is 6.93. The summed E-state index contributed by atoms with van der Waals surface area (Å²) in [5.74, 6) is 0. The van der Waals surface area contributed by atoms with Crippen LogP contribution in [0.25, 0.3) is 6.08 Å². The third-order valence-corrected chi connectivity index (χ3v) is 7.06. The predicted octanol–water partition coefficient (Wildman–Crippen LogP) is 7.00. The average Bonchev–Trinajstić information content (AvgIpc) is 2.96. The van der Waals surface area contributed by atoms with E-state index in [4.69, 9.17) is 0 Å². The molecule has 2 heterocycles. The van der Waals surface area contributed by atoms with E-state index in [9.17, 15) is 0 Å². The quantitative estimate of drug-likeness (QED) is 0.374. The zero-order chi connectivity index (χ0) is 20.0. The molecule has 2 nitrogen and oxygen atoms in total. The molecule has 0 aliphatic carbocycles. The van der Waals surface area contributed by atoms with Gasteiger partial charge >= 0.3 is 0 Å². The maximum atomic E-state index is 3.55. The lowest BCUT2D eigenvalue weighted by Gasteiger charge is -2.20. The molecule has 2 aliphatic heterocycles. The summed E-state index contributed by atoms with van der Waals surface area (Å²) < 4.78 is 2.44. The number of rotatable bonds is 3. The highest BCUT2D eigenvalue weighted by atomic mass is 32.2. The number of nitrogens with zero attached hydrogens (tertiary/aromatic N) is 1. The molecule has 0 fully saturated rings. The summed E-state index contributed by atoms with van der Waals surface area (Å²) >= 11 is 1.84. The van der Waals surface area contributed by atoms with E-state index in [-0.39, 0.29) is 5.41 Å². The number of hydrogen-bond acceptors (Lipinski definition) is 2. The Morgan fingerprint density at radius 2 is 1.66 bits per heavy atom. The molecule has 0 saturated carbocycles. The summed E-state index contributed by atoms with van der Waals surface area (Å²) in [6.07, 6.45) is 4.56. The van der Waals surface area contributed by atoms with Gasteiger partial charge in [0.25, 0.3) is 0 Å². The second-order valence-electron chi connectivity index (χ2n) is 8.08. The number of hydrogen-bond donors (Lipinski definition) is 1. The van der Waals surface area contributed by atoms with E-state index in [1.54, 1.807) is 0 Å². The molecule has 144 valence electrons. The fraction of sp³-hybridized carbons (Fsp3) is 0.192. The number of para-hydroxylation sites is 2. The molecule has 0 saturated heterocycles. The van der Waals surface area contributed by atoms with Crippen molar-refractivity contribution >= 4 is 40.6 Å². The van der Waals surface area contributed by atoms with Gasteiger partial charge < -0.3 is 5.32 Å². The van der Waals surface area contributed by atoms with Crippen LogP contribution < -0.4 is 5.32 Å². The number of fused-ring (bicyclic) bond motifs is 3. The van der Waals surface area contributed by atoms with Gasteiger partial charge in [0.1, 0.15) is 6.54 Å². The van der Waals surface area contributed by atoms with Gasteiger partial charge in [-0.3, -0.25) is 0 Å². The Bertz CT molecular complexity index is 1170. The molecule has 0 spiro atoms. The Labute approximate surface area is 177 Å². The molecule has 0 bridgehead atoms. The zero-order valence-corrected chi connectivity index (χ0v) is 17.9. The number of anilines is 2. The van der Waals surface area contributed by atoms with Gasteiger partial charge in [-0.1, -0.05) is 48.2 Å². The summed E-state index contributed by atoms with van der Waals surface area (Å²) in [5.41, 5.74) is 7.70. The van der Waals surface area contributed by atoms with E-state index in [0.29, 0.717) is 0 Å². The molecule has 2 aliphatic rings. The highest BCUT2D eigenvalue weighted by Crippen LogP contribution is 2.44. The Kier molecular flexibility index (Phi) is 4.36. The lowest BCUT2D eigenvalue weighted by atomic mass is 9.81. The second-order valence-corrected chi connectivity index (χ2v) is 9.17. The topological polar surface area (TPSA) is 15.0 Å². The molecule has 0 unspecified atom stereocenters. The van der Waals surface area contributed by atoms with Gasteiger partial charge in [-0.05, 0) is 56.7 Å². The zero-order valence-electron chi connectivity index (χ0n) is 17.1. The largest absolute Gasteiger partial charge is 0.354 e. The minimum Gasteiger partial charge on any atom is -0.354 e. The van der Waals surface area contributed by atoms with E-state index in [1.807, 2.05) is 11.8 Å². The molecule has 0 aromatic heterocycles. The monoisotopic (exact) mass is 397 g/mol. The van der Waals surface area contributed by atoms with Crippen LogP contribution in [-0.2, 0) is 5.41 Å². The summed E-state index contributed by atoms with van der Waals surface area (Å²) in [5, 5.41) is 3.55. The van der Waals surface area contributed by atoms with Crippen molar-refractivity contribution in [2.45, 2.75) is 36.0 Å². The van der Waals surface area contributed by atoms with Crippen molar-refractivity contribution in [1.82, 2.24) is 0 Å². The normalized spacial score (nSPS) is 16.4. The first-order valence-electron chi connectivity index (χ1n) is 10.2. The molecule has 5 rings (SSSR count). The van der Waals surface area contributed by atoms with Gasteiger partial charge in [0, 0.05) is 27.5 Å². The van der Waals surface area contributed by atoms with Crippen molar-refractivity contribution in [3.05, 3.63) is 83.9 Å². The van der Waals surface area contributed by atoms with Crippen LogP contribution in [-0.4, -0.2) is 16.8 Å². The molecule has 29 heavy (non-hydrogen) atoms. The minimum atomic E-state index is 0.00650. The molecule has 1 N–H and O–H groups in total. The molecule has 3 aromatic rings. The summed E-state index contributed by atoms with van der Waals surface area (Å²) in [7, 11) is 0. The molecular weight excluding hydrogens is 372 g/mol. The van der Waals surface area contributed by atoms with Crippen molar-refractivity contribution in [3.8, 4) is 0 Å². The van der Waals surface area contributed by atoms with Crippen molar-refractivity contribution < 1.29 is 4.58 Å². The number of allylic oxidation sites excluding steroid dienone is 1. The van der Waals surface area contributed by atoms with Crippen molar-refractivity contribution in [2.75, 3.05) is 11.9 Å². The van der Waals surface area contributed by atoms with Crippen molar-refractivity contribution in [1.29, 1.82) is 0 Å².